The fraction of sp³-hybridized carbons (Fsp3) is 0.294. The molecule has 1 aromatic heterocycles. The molecule has 3 aromatic carbocycles. The summed E-state index contributed by atoms with van der Waals surface area (Å²) in [5.41, 5.74) is 2.93. The van der Waals surface area contributed by atoms with E-state index in [9.17, 15) is 14.0 Å². The van der Waals surface area contributed by atoms with Gasteiger partial charge in [0.05, 0.1) is 13.1 Å². The summed E-state index contributed by atoms with van der Waals surface area (Å²) in [5.74, 6) is 0.00669. The van der Waals surface area contributed by atoms with Crippen LogP contribution in [0.3, 0.4) is 0 Å². The number of amides is 2. The Labute approximate surface area is 242 Å². The van der Waals surface area contributed by atoms with E-state index in [0.29, 0.717) is 31.9 Å². The molecule has 2 amide bonds. The Morgan fingerprint density at radius 2 is 1.46 bits per heavy atom. The number of hydrogen-bond acceptors (Lipinski definition) is 3. The van der Waals surface area contributed by atoms with Crippen LogP contribution in [0.2, 0.25) is 0 Å². The van der Waals surface area contributed by atoms with E-state index in [1.807, 2.05) is 79.0 Å². The monoisotopic (exact) mass is 555 g/mol. The number of para-hydroxylation sites is 1. The van der Waals surface area contributed by atoms with E-state index in [1.165, 1.54) is 12.1 Å². The highest BCUT2D eigenvalue weighted by Gasteiger charge is 2.23. The minimum absolute atomic E-state index is 0.0216. The third-order valence-electron chi connectivity index (χ3n) is 6.93. The van der Waals surface area contributed by atoms with Crippen LogP contribution in [0.4, 0.5) is 4.39 Å². The molecule has 7 heteroatoms. The molecule has 0 N–H and O–H groups in total. The fourth-order valence-corrected chi connectivity index (χ4v) is 4.63. The van der Waals surface area contributed by atoms with Crippen molar-refractivity contribution in [3.05, 3.63) is 126 Å². The lowest BCUT2D eigenvalue weighted by molar-refractivity contribution is -0.142. The lowest BCUT2D eigenvalue weighted by Crippen LogP contribution is -2.44. The number of unbranched alkanes of at least 4 members (excludes halogenated alkanes) is 2. The number of ether oxygens (including phenoxy) is 1. The Morgan fingerprint density at radius 1 is 0.756 bits per heavy atom. The molecular formula is C34H38FN3O3. The fourth-order valence-electron chi connectivity index (χ4n) is 4.63. The van der Waals surface area contributed by atoms with Gasteiger partial charge in [-0.3, -0.25) is 9.59 Å². The molecule has 1 heterocycles. The van der Waals surface area contributed by atoms with Gasteiger partial charge in [0.1, 0.15) is 11.6 Å². The number of carbonyl (C=O) groups is 2. The van der Waals surface area contributed by atoms with Crippen LogP contribution >= 0.6 is 0 Å². The molecule has 0 saturated carbocycles. The number of nitrogens with zero attached hydrogens (tertiary/aromatic N) is 3. The van der Waals surface area contributed by atoms with Gasteiger partial charge in [-0.25, -0.2) is 4.39 Å². The topological polar surface area (TPSA) is 54.8 Å². The van der Waals surface area contributed by atoms with E-state index >= 15 is 0 Å². The van der Waals surface area contributed by atoms with E-state index in [0.717, 1.165) is 36.1 Å². The van der Waals surface area contributed by atoms with Crippen LogP contribution in [0, 0.1) is 5.82 Å². The Morgan fingerprint density at radius 3 is 2.17 bits per heavy atom. The number of hydrogen-bond donors (Lipinski definition) is 0. The molecule has 0 fully saturated rings. The zero-order valence-electron chi connectivity index (χ0n) is 23.6. The Hall–Kier alpha value is -4.39. The van der Waals surface area contributed by atoms with Crippen molar-refractivity contribution >= 4 is 11.8 Å². The second-order valence-electron chi connectivity index (χ2n) is 10.1. The second-order valence-corrected chi connectivity index (χ2v) is 10.1. The molecular weight excluding hydrogens is 517 g/mol. The molecule has 0 saturated heterocycles. The number of rotatable bonds is 15. The van der Waals surface area contributed by atoms with Crippen molar-refractivity contribution in [2.45, 2.75) is 45.8 Å². The summed E-state index contributed by atoms with van der Waals surface area (Å²) in [4.78, 5) is 30.5. The Balaban J connectivity index is 1.49. The van der Waals surface area contributed by atoms with Crippen LogP contribution in [0.1, 0.15) is 43.0 Å². The van der Waals surface area contributed by atoms with Gasteiger partial charge in [-0.2, -0.15) is 0 Å². The first-order valence-corrected chi connectivity index (χ1v) is 14.2. The molecule has 0 unspecified atom stereocenters. The summed E-state index contributed by atoms with van der Waals surface area (Å²) in [6.07, 6.45) is 4.77. The quantitative estimate of drug-likeness (QED) is 0.162. The van der Waals surface area contributed by atoms with Crippen molar-refractivity contribution in [1.82, 2.24) is 14.4 Å². The predicted octanol–water partition coefficient (Wildman–Crippen LogP) is 6.30. The smallest absolute Gasteiger partial charge is 0.260 e. The van der Waals surface area contributed by atoms with Crippen molar-refractivity contribution < 1.29 is 18.7 Å². The average Bonchev–Trinajstić information content (AvgIpc) is 3.43. The molecule has 0 aliphatic rings. The van der Waals surface area contributed by atoms with Gasteiger partial charge in [0.15, 0.2) is 6.61 Å². The Bertz CT molecular complexity index is 1360. The first kappa shape index (κ1) is 29.6. The molecule has 0 radical (unpaired) electrons. The highest BCUT2D eigenvalue weighted by atomic mass is 19.1. The van der Waals surface area contributed by atoms with Crippen molar-refractivity contribution in [3.8, 4) is 5.75 Å². The normalized spacial score (nSPS) is 10.8. The van der Waals surface area contributed by atoms with Crippen molar-refractivity contribution in [3.63, 3.8) is 0 Å². The van der Waals surface area contributed by atoms with Gasteiger partial charge in [0, 0.05) is 31.5 Å². The van der Waals surface area contributed by atoms with Crippen molar-refractivity contribution in [2.75, 3.05) is 19.7 Å². The Kier molecular flexibility index (Phi) is 11.1. The average molecular weight is 556 g/mol. The van der Waals surface area contributed by atoms with Gasteiger partial charge in [-0.15, -0.1) is 0 Å². The molecule has 0 bridgehead atoms. The van der Waals surface area contributed by atoms with Crippen molar-refractivity contribution in [2.24, 2.45) is 0 Å². The first-order valence-electron chi connectivity index (χ1n) is 14.2. The van der Waals surface area contributed by atoms with E-state index in [4.69, 9.17) is 4.74 Å². The van der Waals surface area contributed by atoms with E-state index in [2.05, 4.69) is 11.5 Å². The second kappa shape index (κ2) is 15.4. The molecule has 4 aromatic rings. The minimum atomic E-state index is -0.270. The van der Waals surface area contributed by atoms with Gasteiger partial charge < -0.3 is 19.1 Å². The lowest BCUT2D eigenvalue weighted by Gasteiger charge is -2.28. The molecule has 0 spiro atoms. The summed E-state index contributed by atoms with van der Waals surface area (Å²) in [5, 5.41) is 0. The van der Waals surface area contributed by atoms with Gasteiger partial charge in [-0.05, 0) is 53.9 Å². The van der Waals surface area contributed by atoms with Gasteiger partial charge in [0.2, 0.25) is 5.91 Å². The maximum Gasteiger partial charge on any atom is 0.260 e. The van der Waals surface area contributed by atoms with Crippen molar-refractivity contribution in [1.29, 1.82) is 0 Å². The summed E-state index contributed by atoms with van der Waals surface area (Å²) in [6.45, 7) is 3.82. The maximum absolute atomic E-state index is 13.8. The molecule has 0 aliphatic heterocycles. The van der Waals surface area contributed by atoms with Crippen LogP contribution in [0.15, 0.2) is 103 Å². The largest absolute Gasteiger partial charge is 0.484 e. The van der Waals surface area contributed by atoms with Crippen LogP contribution in [-0.4, -0.2) is 45.9 Å². The summed E-state index contributed by atoms with van der Waals surface area (Å²) in [7, 11) is 0. The maximum atomic E-state index is 13.8. The van der Waals surface area contributed by atoms with Gasteiger partial charge in [0.25, 0.3) is 5.91 Å². The van der Waals surface area contributed by atoms with Gasteiger partial charge in [-0.1, -0.05) is 80.4 Å². The highest BCUT2D eigenvalue weighted by Crippen LogP contribution is 2.15. The standard InChI is InChI=1S/C34H38FN3O3/c1-2-3-10-21-37(34(40)27-41-32-15-8-5-9-16-32)26-33(39)38(24-28-12-6-4-7-13-28)25-31-14-11-22-36(31)23-29-17-19-30(35)20-18-29/h4-9,11-20,22H,2-3,10,21,23-27H2,1H3. The van der Waals surface area contributed by atoms with Crippen LogP contribution in [-0.2, 0) is 29.2 Å². The van der Waals surface area contributed by atoms with E-state index in [1.54, 1.807) is 21.9 Å². The van der Waals surface area contributed by atoms with Crippen LogP contribution in [0.5, 0.6) is 5.75 Å². The minimum Gasteiger partial charge on any atom is -0.484 e. The van der Waals surface area contributed by atoms with Crippen LogP contribution in [0.25, 0.3) is 0 Å². The molecule has 0 atom stereocenters. The summed E-state index contributed by atoms with van der Waals surface area (Å²) >= 11 is 0. The molecule has 214 valence electrons. The zero-order valence-corrected chi connectivity index (χ0v) is 23.6. The van der Waals surface area contributed by atoms with Crippen LogP contribution < -0.4 is 4.74 Å². The predicted molar refractivity (Wildman–Crippen MR) is 159 cm³/mol. The number of halogens is 1. The number of carbonyl (C=O) groups excluding carboxylic acids is 2. The van der Waals surface area contributed by atoms with Gasteiger partial charge >= 0.3 is 0 Å². The number of benzene rings is 3. The number of aromatic nitrogens is 1. The third-order valence-corrected chi connectivity index (χ3v) is 6.93. The summed E-state index contributed by atoms with van der Waals surface area (Å²) in [6, 6.07) is 29.5. The lowest BCUT2D eigenvalue weighted by atomic mass is 10.2. The molecule has 0 aliphatic carbocycles. The summed E-state index contributed by atoms with van der Waals surface area (Å²) < 4.78 is 21.2. The van der Waals surface area contributed by atoms with E-state index < -0.39 is 0 Å². The van der Waals surface area contributed by atoms with E-state index in [-0.39, 0.29) is 30.8 Å². The highest BCUT2D eigenvalue weighted by molar-refractivity contribution is 5.85. The third kappa shape index (κ3) is 9.34. The SMILES string of the molecule is CCCCCN(CC(=O)N(Cc1ccccc1)Cc1cccn1Cc1ccc(F)cc1)C(=O)COc1ccccc1. The molecule has 4 rings (SSSR count). The first-order chi connectivity index (χ1) is 20.0. The zero-order chi connectivity index (χ0) is 28.9. The molecule has 41 heavy (non-hydrogen) atoms. The molecule has 6 nitrogen and oxygen atoms in total.